The zero-order chi connectivity index (χ0) is 20.4. The molecule has 0 spiro atoms. The van der Waals surface area contributed by atoms with Crippen LogP contribution in [-0.2, 0) is 4.74 Å². The Hall–Kier alpha value is -3.09. The first-order valence-corrected chi connectivity index (χ1v) is 10.3. The van der Waals surface area contributed by atoms with Crippen molar-refractivity contribution in [2.24, 2.45) is 0 Å². The van der Waals surface area contributed by atoms with Crippen LogP contribution in [0, 0.1) is 0 Å². The smallest absolute Gasteiger partial charge is 0.342 e. The number of carbonyl (C=O) groups excluding carboxylic acids is 1. The predicted octanol–water partition coefficient (Wildman–Crippen LogP) is 5.68. The van der Waals surface area contributed by atoms with E-state index in [1.54, 1.807) is 11.5 Å². The molecule has 2 aromatic carbocycles. The van der Waals surface area contributed by atoms with Crippen molar-refractivity contribution >= 4 is 34.7 Å². The lowest BCUT2D eigenvalue weighted by Gasteiger charge is -2.05. The summed E-state index contributed by atoms with van der Waals surface area (Å²) in [5.74, 6) is -0.142. The zero-order valence-corrected chi connectivity index (χ0v) is 17.2. The number of thiazole rings is 1. The Morgan fingerprint density at radius 3 is 2.55 bits per heavy atom. The number of nitrogen functional groups attached to an aromatic ring is 1. The number of aromatic nitrogens is 2. The Labute approximate surface area is 177 Å². The van der Waals surface area contributed by atoms with Crippen LogP contribution in [0.1, 0.15) is 17.3 Å². The van der Waals surface area contributed by atoms with Gasteiger partial charge in [-0.1, -0.05) is 54.1 Å². The first kappa shape index (κ1) is 19.2. The summed E-state index contributed by atoms with van der Waals surface area (Å²) in [6, 6.07) is 17.1. The summed E-state index contributed by atoms with van der Waals surface area (Å²) in [5, 5.41) is 3.29. The summed E-state index contributed by atoms with van der Waals surface area (Å²) in [6.07, 6.45) is 1.83. The van der Waals surface area contributed by atoms with Crippen molar-refractivity contribution in [3.8, 4) is 27.5 Å². The van der Waals surface area contributed by atoms with Gasteiger partial charge in [0, 0.05) is 27.7 Å². The monoisotopic (exact) mass is 423 g/mol. The summed E-state index contributed by atoms with van der Waals surface area (Å²) in [4.78, 5) is 17.3. The molecule has 0 amide bonds. The van der Waals surface area contributed by atoms with E-state index in [1.807, 2.05) is 66.2 Å². The lowest BCUT2D eigenvalue weighted by Crippen LogP contribution is -2.09. The van der Waals surface area contributed by atoms with E-state index in [4.69, 9.17) is 27.1 Å². The molecular formula is C22H18ClN3O2S. The molecule has 2 heterocycles. The number of rotatable bonds is 5. The summed E-state index contributed by atoms with van der Waals surface area (Å²) in [5.41, 5.74) is 10.1. The Bertz CT molecular complexity index is 1150. The number of carbonyl (C=O) groups is 1. The van der Waals surface area contributed by atoms with Crippen LogP contribution in [0.15, 0.2) is 66.2 Å². The average Bonchev–Trinajstić information content (AvgIpc) is 3.34. The summed E-state index contributed by atoms with van der Waals surface area (Å²) in [6.45, 7) is 2.04. The Kier molecular flexibility index (Phi) is 5.38. The number of hydrogen-bond donors (Lipinski definition) is 1. The fourth-order valence-corrected chi connectivity index (χ4v) is 4.01. The first-order chi connectivity index (χ1) is 14.1. The fraction of sp³-hybridized carbons (Fsp3) is 0.0909. The van der Waals surface area contributed by atoms with E-state index in [-0.39, 0.29) is 6.61 Å². The number of benzene rings is 2. The standard InChI is InChI=1S/C22H18ClN3O2S/c1-2-28-21(27)19-17(14-6-4-3-5-7-14)12-26(20(19)24)22-25-18(13-29-22)15-8-10-16(23)11-9-15/h3-13H,2,24H2,1H3. The van der Waals surface area contributed by atoms with Gasteiger partial charge >= 0.3 is 5.97 Å². The van der Waals surface area contributed by atoms with Gasteiger partial charge in [0.1, 0.15) is 11.4 Å². The van der Waals surface area contributed by atoms with Gasteiger partial charge in [-0.25, -0.2) is 9.78 Å². The molecule has 4 aromatic rings. The second-order valence-corrected chi connectivity index (χ2v) is 7.55. The number of nitrogens with zero attached hydrogens (tertiary/aromatic N) is 2. The molecular weight excluding hydrogens is 406 g/mol. The highest BCUT2D eigenvalue weighted by Crippen LogP contribution is 2.34. The van der Waals surface area contributed by atoms with Crippen molar-refractivity contribution in [3.63, 3.8) is 0 Å². The van der Waals surface area contributed by atoms with Crippen LogP contribution < -0.4 is 5.73 Å². The van der Waals surface area contributed by atoms with Gasteiger partial charge in [0.25, 0.3) is 0 Å². The van der Waals surface area contributed by atoms with Crippen molar-refractivity contribution in [1.29, 1.82) is 0 Å². The lowest BCUT2D eigenvalue weighted by atomic mass is 10.0. The van der Waals surface area contributed by atoms with Crippen LogP contribution in [-0.4, -0.2) is 22.1 Å². The predicted molar refractivity (Wildman–Crippen MR) is 118 cm³/mol. The molecule has 146 valence electrons. The number of nitrogens with two attached hydrogens (primary N) is 1. The molecule has 0 bridgehead atoms. The van der Waals surface area contributed by atoms with E-state index in [2.05, 4.69) is 0 Å². The van der Waals surface area contributed by atoms with E-state index in [0.717, 1.165) is 16.8 Å². The Balaban J connectivity index is 1.81. The highest BCUT2D eigenvalue weighted by Gasteiger charge is 2.24. The second kappa shape index (κ2) is 8.11. The largest absolute Gasteiger partial charge is 0.462 e. The van der Waals surface area contributed by atoms with Crippen LogP contribution in [0.2, 0.25) is 5.02 Å². The van der Waals surface area contributed by atoms with Gasteiger partial charge < -0.3 is 10.5 Å². The minimum Gasteiger partial charge on any atom is -0.462 e. The van der Waals surface area contributed by atoms with Gasteiger partial charge in [-0.2, -0.15) is 0 Å². The topological polar surface area (TPSA) is 70.1 Å². The molecule has 0 saturated carbocycles. The van der Waals surface area contributed by atoms with Crippen LogP contribution in [0.3, 0.4) is 0 Å². The SMILES string of the molecule is CCOC(=O)c1c(-c2ccccc2)cn(-c2nc(-c3ccc(Cl)cc3)cs2)c1N. The van der Waals surface area contributed by atoms with Gasteiger partial charge in [0.05, 0.1) is 12.3 Å². The van der Waals surface area contributed by atoms with Gasteiger partial charge in [0.2, 0.25) is 0 Å². The fourth-order valence-electron chi connectivity index (χ4n) is 3.06. The van der Waals surface area contributed by atoms with Gasteiger partial charge in [-0.15, -0.1) is 11.3 Å². The van der Waals surface area contributed by atoms with Crippen molar-refractivity contribution in [1.82, 2.24) is 9.55 Å². The molecule has 2 N–H and O–H groups in total. The molecule has 0 atom stereocenters. The van der Waals surface area contributed by atoms with Gasteiger partial charge in [-0.05, 0) is 24.6 Å². The second-order valence-electron chi connectivity index (χ2n) is 6.28. The molecule has 0 fully saturated rings. The molecule has 0 aliphatic carbocycles. The van der Waals surface area contributed by atoms with Crippen LogP contribution >= 0.6 is 22.9 Å². The third-order valence-corrected chi connectivity index (χ3v) is 5.54. The van der Waals surface area contributed by atoms with Crippen LogP contribution in [0.4, 0.5) is 5.82 Å². The molecule has 7 heteroatoms. The zero-order valence-electron chi connectivity index (χ0n) is 15.6. The van der Waals surface area contributed by atoms with E-state index in [9.17, 15) is 4.79 Å². The lowest BCUT2D eigenvalue weighted by molar-refractivity contribution is 0.0528. The maximum Gasteiger partial charge on any atom is 0.342 e. The first-order valence-electron chi connectivity index (χ1n) is 9.03. The summed E-state index contributed by atoms with van der Waals surface area (Å²) < 4.78 is 6.98. The number of hydrogen-bond acceptors (Lipinski definition) is 5. The van der Waals surface area contributed by atoms with E-state index in [0.29, 0.717) is 27.1 Å². The molecule has 0 radical (unpaired) electrons. The molecule has 0 saturated heterocycles. The molecule has 0 aliphatic rings. The highest BCUT2D eigenvalue weighted by molar-refractivity contribution is 7.12. The third-order valence-electron chi connectivity index (χ3n) is 4.45. The summed E-state index contributed by atoms with van der Waals surface area (Å²) in [7, 11) is 0. The minimum atomic E-state index is -0.447. The summed E-state index contributed by atoms with van der Waals surface area (Å²) >= 11 is 7.42. The molecule has 0 aliphatic heterocycles. The maximum atomic E-state index is 12.6. The van der Waals surface area contributed by atoms with Crippen LogP contribution in [0.5, 0.6) is 0 Å². The number of ether oxygens (including phenoxy) is 1. The van der Waals surface area contributed by atoms with E-state index in [1.165, 1.54) is 11.3 Å². The van der Waals surface area contributed by atoms with Crippen molar-refractivity contribution < 1.29 is 9.53 Å². The maximum absolute atomic E-state index is 12.6. The average molecular weight is 424 g/mol. The molecule has 0 unspecified atom stereocenters. The number of halogens is 1. The Morgan fingerprint density at radius 2 is 1.86 bits per heavy atom. The van der Waals surface area contributed by atoms with Crippen LogP contribution in [0.25, 0.3) is 27.5 Å². The quantitative estimate of drug-likeness (QED) is 0.419. The van der Waals surface area contributed by atoms with Gasteiger partial charge in [0.15, 0.2) is 5.13 Å². The van der Waals surface area contributed by atoms with Crippen molar-refractivity contribution in [2.45, 2.75) is 6.92 Å². The van der Waals surface area contributed by atoms with Crippen molar-refractivity contribution in [2.75, 3.05) is 12.3 Å². The number of esters is 1. The van der Waals surface area contributed by atoms with Crippen molar-refractivity contribution in [3.05, 3.63) is 76.8 Å². The molecule has 29 heavy (non-hydrogen) atoms. The molecule has 4 rings (SSSR count). The Morgan fingerprint density at radius 1 is 1.14 bits per heavy atom. The third kappa shape index (κ3) is 3.77. The number of anilines is 1. The van der Waals surface area contributed by atoms with E-state index >= 15 is 0 Å². The van der Waals surface area contributed by atoms with Gasteiger partial charge in [-0.3, -0.25) is 4.57 Å². The normalized spacial score (nSPS) is 10.8. The molecule has 2 aromatic heterocycles. The molecule has 5 nitrogen and oxygen atoms in total. The minimum absolute atomic E-state index is 0.273. The van der Waals surface area contributed by atoms with E-state index < -0.39 is 5.97 Å². The highest BCUT2D eigenvalue weighted by atomic mass is 35.5.